The normalized spacial score (nSPS) is 14.3. The number of nitrogens with one attached hydrogen (secondary N) is 1. The van der Waals surface area contributed by atoms with Crippen molar-refractivity contribution < 1.29 is 4.74 Å². The van der Waals surface area contributed by atoms with Crippen LogP contribution >= 0.6 is 0 Å². The van der Waals surface area contributed by atoms with E-state index in [-0.39, 0.29) is 10.8 Å². The minimum absolute atomic E-state index is 0.192. The molecule has 1 aromatic rings. The molecule has 1 rings (SSSR count). The molecule has 0 aliphatic carbocycles. The molecule has 0 amide bonds. The Kier molecular flexibility index (Phi) is 5.03. The molecular formula is C17H29NO. The maximum absolute atomic E-state index is 5.89. The molecule has 0 saturated carbocycles. The number of rotatable bonds is 4. The predicted molar refractivity (Wildman–Crippen MR) is 82.9 cm³/mol. The largest absolute Gasteiger partial charge is 0.492 e. The zero-order valence-corrected chi connectivity index (χ0v) is 13.5. The smallest absolute Gasteiger partial charge is 0.119 e. The minimum Gasteiger partial charge on any atom is -0.492 e. The van der Waals surface area contributed by atoms with E-state index in [0.29, 0.717) is 12.6 Å². The second kappa shape index (κ2) is 5.96. The molecule has 0 bridgehead atoms. The third kappa shape index (κ3) is 4.87. The SMILES string of the molecule is CNC(COc1ccc(C(C)(C)C)cc1)C(C)(C)C. The van der Waals surface area contributed by atoms with E-state index in [2.05, 4.69) is 71.1 Å². The van der Waals surface area contributed by atoms with E-state index in [4.69, 9.17) is 4.74 Å². The van der Waals surface area contributed by atoms with Crippen molar-refractivity contribution in [2.45, 2.75) is 53.0 Å². The molecular weight excluding hydrogens is 234 g/mol. The Morgan fingerprint density at radius 2 is 1.53 bits per heavy atom. The van der Waals surface area contributed by atoms with Crippen molar-refractivity contribution in [3.05, 3.63) is 29.8 Å². The lowest BCUT2D eigenvalue weighted by molar-refractivity contribution is 0.181. The van der Waals surface area contributed by atoms with Crippen molar-refractivity contribution >= 4 is 0 Å². The monoisotopic (exact) mass is 263 g/mol. The summed E-state index contributed by atoms with van der Waals surface area (Å²) in [5, 5.41) is 3.32. The van der Waals surface area contributed by atoms with E-state index in [1.807, 2.05) is 7.05 Å². The Balaban J connectivity index is 2.64. The average molecular weight is 263 g/mol. The van der Waals surface area contributed by atoms with Crippen molar-refractivity contribution in [3.8, 4) is 5.75 Å². The van der Waals surface area contributed by atoms with Crippen molar-refractivity contribution in [2.75, 3.05) is 13.7 Å². The van der Waals surface area contributed by atoms with Crippen molar-refractivity contribution in [3.63, 3.8) is 0 Å². The van der Waals surface area contributed by atoms with Crippen LogP contribution in [0.5, 0.6) is 5.75 Å². The van der Waals surface area contributed by atoms with Gasteiger partial charge in [-0.2, -0.15) is 0 Å². The van der Waals surface area contributed by atoms with Crippen molar-refractivity contribution in [2.24, 2.45) is 5.41 Å². The molecule has 1 atom stereocenters. The molecule has 0 radical (unpaired) electrons. The fourth-order valence-electron chi connectivity index (χ4n) is 2.00. The van der Waals surface area contributed by atoms with Crippen LogP contribution in [0.4, 0.5) is 0 Å². The Morgan fingerprint density at radius 1 is 1.00 bits per heavy atom. The maximum atomic E-state index is 5.89. The van der Waals surface area contributed by atoms with Gasteiger partial charge in [-0.3, -0.25) is 0 Å². The number of likely N-dealkylation sites (N-methyl/N-ethyl adjacent to an activating group) is 1. The molecule has 19 heavy (non-hydrogen) atoms. The van der Waals surface area contributed by atoms with Crippen LogP contribution in [0.15, 0.2) is 24.3 Å². The topological polar surface area (TPSA) is 21.3 Å². The van der Waals surface area contributed by atoms with Crippen LogP contribution in [0.3, 0.4) is 0 Å². The number of hydrogen-bond acceptors (Lipinski definition) is 2. The van der Waals surface area contributed by atoms with Gasteiger partial charge in [0.25, 0.3) is 0 Å². The Labute approximate surface area is 118 Å². The van der Waals surface area contributed by atoms with Gasteiger partial charge in [-0.25, -0.2) is 0 Å². The fourth-order valence-corrected chi connectivity index (χ4v) is 2.00. The van der Waals surface area contributed by atoms with Gasteiger partial charge in [0.15, 0.2) is 0 Å². The summed E-state index contributed by atoms with van der Waals surface area (Å²) in [6.45, 7) is 14.0. The van der Waals surface area contributed by atoms with E-state index >= 15 is 0 Å². The first kappa shape index (κ1) is 16.0. The van der Waals surface area contributed by atoms with Crippen LogP contribution in [-0.2, 0) is 5.41 Å². The average Bonchev–Trinajstić information content (AvgIpc) is 2.27. The van der Waals surface area contributed by atoms with Crippen LogP contribution in [0.2, 0.25) is 0 Å². The Morgan fingerprint density at radius 3 is 1.89 bits per heavy atom. The third-order valence-corrected chi connectivity index (χ3v) is 3.53. The third-order valence-electron chi connectivity index (χ3n) is 3.53. The van der Waals surface area contributed by atoms with Gasteiger partial charge in [0.1, 0.15) is 12.4 Å². The number of hydrogen-bond donors (Lipinski definition) is 1. The second-order valence-corrected chi connectivity index (χ2v) is 7.29. The molecule has 1 aromatic carbocycles. The maximum Gasteiger partial charge on any atom is 0.119 e. The highest BCUT2D eigenvalue weighted by Crippen LogP contribution is 2.25. The van der Waals surface area contributed by atoms with E-state index < -0.39 is 0 Å². The predicted octanol–water partition coefficient (Wildman–Crippen LogP) is 4.00. The summed E-state index contributed by atoms with van der Waals surface area (Å²) in [7, 11) is 1.99. The minimum atomic E-state index is 0.192. The zero-order chi connectivity index (χ0) is 14.7. The molecule has 0 aliphatic rings. The molecule has 0 saturated heterocycles. The highest BCUT2D eigenvalue weighted by atomic mass is 16.5. The van der Waals surface area contributed by atoms with Gasteiger partial charge in [-0.15, -0.1) is 0 Å². The molecule has 2 nitrogen and oxygen atoms in total. The lowest BCUT2D eigenvalue weighted by Crippen LogP contribution is -2.42. The zero-order valence-electron chi connectivity index (χ0n) is 13.5. The van der Waals surface area contributed by atoms with Crippen LogP contribution in [-0.4, -0.2) is 19.7 Å². The summed E-state index contributed by atoms with van der Waals surface area (Å²) in [6, 6.07) is 8.78. The summed E-state index contributed by atoms with van der Waals surface area (Å²) in [6.07, 6.45) is 0. The van der Waals surface area contributed by atoms with Gasteiger partial charge in [-0.05, 0) is 35.6 Å². The van der Waals surface area contributed by atoms with Crippen molar-refractivity contribution in [1.82, 2.24) is 5.32 Å². The first-order chi connectivity index (χ1) is 8.64. The molecule has 2 heteroatoms. The Hall–Kier alpha value is -1.02. The van der Waals surface area contributed by atoms with Gasteiger partial charge in [-0.1, -0.05) is 53.7 Å². The lowest BCUT2D eigenvalue weighted by Gasteiger charge is -2.30. The van der Waals surface area contributed by atoms with Gasteiger partial charge in [0, 0.05) is 6.04 Å². The van der Waals surface area contributed by atoms with Crippen LogP contribution in [0.1, 0.15) is 47.1 Å². The van der Waals surface area contributed by atoms with Gasteiger partial charge in [0.2, 0.25) is 0 Å². The van der Waals surface area contributed by atoms with Crippen molar-refractivity contribution in [1.29, 1.82) is 0 Å². The number of benzene rings is 1. The molecule has 108 valence electrons. The quantitative estimate of drug-likeness (QED) is 0.886. The first-order valence-electron chi connectivity index (χ1n) is 7.05. The summed E-state index contributed by atoms with van der Waals surface area (Å²) >= 11 is 0. The van der Waals surface area contributed by atoms with Crippen LogP contribution in [0, 0.1) is 5.41 Å². The van der Waals surface area contributed by atoms with Crippen LogP contribution in [0.25, 0.3) is 0 Å². The molecule has 0 aromatic heterocycles. The highest BCUT2D eigenvalue weighted by Gasteiger charge is 2.23. The fraction of sp³-hybridized carbons (Fsp3) is 0.647. The molecule has 1 N–H and O–H groups in total. The standard InChI is InChI=1S/C17H29NO/c1-16(2,3)13-8-10-14(11-9-13)19-12-15(18-7)17(4,5)6/h8-11,15,18H,12H2,1-7H3. The van der Waals surface area contributed by atoms with Gasteiger partial charge >= 0.3 is 0 Å². The van der Waals surface area contributed by atoms with E-state index in [9.17, 15) is 0 Å². The lowest BCUT2D eigenvalue weighted by atomic mass is 9.87. The van der Waals surface area contributed by atoms with E-state index in [1.165, 1.54) is 5.56 Å². The first-order valence-corrected chi connectivity index (χ1v) is 7.05. The summed E-state index contributed by atoms with van der Waals surface area (Å²) in [5.74, 6) is 0.942. The molecule has 0 fully saturated rings. The van der Waals surface area contributed by atoms with E-state index in [0.717, 1.165) is 5.75 Å². The van der Waals surface area contributed by atoms with Crippen LogP contribution < -0.4 is 10.1 Å². The van der Waals surface area contributed by atoms with Gasteiger partial charge < -0.3 is 10.1 Å². The molecule has 0 heterocycles. The summed E-state index contributed by atoms with van der Waals surface area (Å²) in [4.78, 5) is 0. The highest BCUT2D eigenvalue weighted by molar-refractivity contribution is 5.31. The Bertz CT molecular complexity index is 381. The summed E-state index contributed by atoms with van der Waals surface area (Å²) in [5.41, 5.74) is 1.72. The molecule has 1 unspecified atom stereocenters. The van der Waals surface area contributed by atoms with Gasteiger partial charge in [0.05, 0.1) is 0 Å². The van der Waals surface area contributed by atoms with E-state index in [1.54, 1.807) is 0 Å². The molecule has 0 spiro atoms. The summed E-state index contributed by atoms with van der Waals surface area (Å²) < 4.78 is 5.89. The second-order valence-electron chi connectivity index (χ2n) is 7.29. The number of ether oxygens (including phenoxy) is 1. The molecule has 0 aliphatic heterocycles.